The maximum atomic E-state index is 5.66. The zero-order chi connectivity index (χ0) is 14.5. The van der Waals surface area contributed by atoms with Crippen molar-refractivity contribution in [3.05, 3.63) is 41.5 Å². The summed E-state index contributed by atoms with van der Waals surface area (Å²) in [4.78, 5) is 4.66. The summed E-state index contributed by atoms with van der Waals surface area (Å²) < 4.78 is 7.56. The average Bonchev–Trinajstić information content (AvgIpc) is 2.73. The zero-order valence-corrected chi connectivity index (χ0v) is 12.5. The van der Waals surface area contributed by atoms with Crippen LogP contribution >= 0.6 is 12.2 Å². The van der Waals surface area contributed by atoms with Crippen LogP contribution in [0.5, 0.6) is 5.75 Å². The second-order valence-electron chi connectivity index (χ2n) is 4.52. The smallest absolute Gasteiger partial charge is 0.147 e. The molecule has 5 nitrogen and oxygen atoms in total. The van der Waals surface area contributed by atoms with E-state index in [4.69, 9.17) is 22.7 Å². The van der Waals surface area contributed by atoms with Gasteiger partial charge in [-0.2, -0.15) is 5.10 Å². The number of nitrogens with two attached hydrogens (primary N) is 1. The first-order valence-electron chi connectivity index (χ1n) is 6.47. The molecule has 0 bridgehead atoms. The number of hydrogen-bond donors (Lipinski definition) is 1. The number of rotatable bonds is 6. The van der Waals surface area contributed by atoms with E-state index in [0.29, 0.717) is 11.6 Å². The van der Waals surface area contributed by atoms with E-state index in [0.717, 1.165) is 35.9 Å². The van der Waals surface area contributed by atoms with Crippen molar-refractivity contribution in [3.63, 3.8) is 0 Å². The van der Waals surface area contributed by atoms with Crippen LogP contribution in [0.25, 0.3) is 0 Å². The number of aryl methyl sites for hydroxylation is 3. The van der Waals surface area contributed by atoms with Crippen LogP contribution in [0.3, 0.4) is 0 Å². The Balaban J connectivity index is 1.78. The molecule has 1 aromatic carbocycles. The highest BCUT2D eigenvalue weighted by Gasteiger charge is 2.02. The molecule has 2 aromatic rings. The van der Waals surface area contributed by atoms with Gasteiger partial charge in [0.15, 0.2) is 0 Å². The lowest BCUT2D eigenvalue weighted by molar-refractivity contribution is 0.297. The first-order chi connectivity index (χ1) is 9.56. The largest absolute Gasteiger partial charge is 0.494 e. The van der Waals surface area contributed by atoms with Crippen LogP contribution in [-0.4, -0.2) is 26.4 Å². The summed E-state index contributed by atoms with van der Waals surface area (Å²) in [5.74, 6) is 2.55. The molecule has 0 saturated carbocycles. The highest BCUT2D eigenvalue weighted by Crippen LogP contribution is 2.12. The molecular formula is C14H18N4OS. The van der Waals surface area contributed by atoms with E-state index < -0.39 is 0 Å². The Bertz CT molecular complexity index is 592. The molecule has 1 heterocycles. The minimum atomic E-state index is 0.397. The van der Waals surface area contributed by atoms with Crippen molar-refractivity contribution in [2.24, 2.45) is 5.73 Å². The molecule has 0 aliphatic heterocycles. The normalized spacial score (nSPS) is 10.5. The monoisotopic (exact) mass is 290 g/mol. The molecule has 0 amide bonds. The van der Waals surface area contributed by atoms with Crippen LogP contribution in [0, 0.1) is 13.8 Å². The highest BCUT2D eigenvalue weighted by atomic mass is 32.1. The van der Waals surface area contributed by atoms with Gasteiger partial charge in [-0.05, 0) is 38.1 Å². The molecule has 106 valence electrons. The predicted octanol–water partition coefficient (Wildman–Crippen LogP) is 2.00. The second kappa shape index (κ2) is 6.47. The SMILES string of the molecule is Cc1nc(C)n(CCCOc2ccc(C(N)=S)cc2)n1. The number of aromatic nitrogens is 3. The molecule has 0 fully saturated rings. The molecule has 0 aliphatic rings. The summed E-state index contributed by atoms with van der Waals surface area (Å²) in [6, 6.07) is 7.48. The van der Waals surface area contributed by atoms with Gasteiger partial charge < -0.3 is 10.5 Å². The molecule has 0 atom stereocenters. The Morgan fingerprint density at radius 3 is 2.55 bits per heavy atom. The van der Waals surface area contributed by atoms with Gasteiger partial charge in [-0.3, -0.25) is 0 Å². The van der Waals surface area contributed by atoms with Crippen molar-refractivity contribution < 1.29 is 4.74 Å². The second-order valence-corrected chi connectivity index (χ2v) is 4.96. The Labute approximate surface area is 123 Å². The van der Waals surface area contributed by atoms with E-state index in [2.05, 4.69) is 10.1 Å². The van der Waals surface area contributed by atoms with E-state index in [-0.39, 0.29) is 0 Å². The lowest BCUT2D eigenvalue weighted by Crippen LogP contribution is -2.09. The zero-order valence-electron chi connectivity index (χ0n) is 11.7. The summed E-state index contributed by atoms with van der Waals surface area (Å²) in [7, 11) is 0. The van der Waals surface area contributed by atoms with Crippen molar-refractivity contribution in [2.75, 3.05) is 6.61 Å². The van der Waals surface area contributed by atoms with Gasteiger partial charge in [0.05, 0.1) is 6.61 Å². The van der Waals surface area contributed by atoms with Gasteiger partial charge in [-0.15, -0.1) is 0 Å². The maximum absolute atomic E-state index is 5.66. The Morgan fingerprint density at radius 2 is 2.00 bits per heavy atom. The Kier molecular flexibility index (Phi) is 4.68. The van der Waals surface area contributed by atoms with Gasteiger partial charge in [-0.1, -0.05) is 12.2 Å². The summed E-state index contributed by atoms with van der Waals surface area (Å²) in [5, 5.41) is 4.31. The molecule has 0 saturated heterocycles. The number of thiocarbonyl (C=S) groups is 1. The number of benzene rings is 1. The van der Waals surface area contributed by atoms with Gasteiger partial charge in [0, 0.05) is 18.5 Å². The van der Waals surface area contributed by atoms with Gasteiger partial charge in [0.1, 0.15) is 22.4 Å². The minimum Gasteiger partial charge on any atom is -0.494 e. The lowest BCUT2D eigenvalue weighted by atomic mass is 10.2. The molecule has 0 aliphatic carbocycles. The highest BCUT2D eigenvalue weighted by molar-refractivity contribution is 7.80. The fourth-order valence-electron chi connectivity index (χ4n) is 1.89. The van der Waals surface area contributed by atoms with E-state index in [9.17, 15) is 0 Å². The standard InChI is InChI=1S/C14H18N4OS/c1-10-16-11(2)18(17-10)8-3-9-19-13-6-4-12(5-7-13)14(15)20/h4-7H,3,8-9H2,1-2H3,(H2,15,20). The van der Waals surface area contributed by atoms with Crippen molar-refractivity contribution in [3.8, 4) is 5.75 Å². The Hall–Kier alpha value is -1.95. The van der Waals surface area contributed by atoms with Crippen LogP contribution in [0.1, 0.15) is 23.6 Å². The summed E-state index contributed by atoms with van der Waals surface area (Å²) in [5.41, 5.74) is 6.39. The number of nitrogens with zero attached hydrogens (tertiary/aromatic N) is 3. The minimum absolute atomic E-state index is 0.397. The van der Waals surface area contributed by atoms with Crippen LogP contribution in [0.15, 0.2) is 24.3 Å². The van der Waals surface area contributed by atoms with Crippen LogP contribution in [0.4, 0.5) is 0 Å². The van der Waals surface area contributed by atoms with Gasteiger partial charge >= 0.3 is 0 Å². The van der Waals surface area contributed by atoms with E-state index in [1.54, 1.807) is 0 Å². The third kappa shape index (κ3) is 3.77. The van der Waals surface area contributed by atoms with Crippen LogP contribution < -0.4 is 10.5 Å². The van der Waals surface area contributed by atoms with Crippen molar-refractivity contribution in [2.45, 2.75) is 26.8 Å². The predicted molar refractivity (Wildman–Crippen MR) is 81.9 cm³/mol. The van der Waals surface area contributed by atoms with Crippen molar-refractivity contribution >= 4 is 17.2 Å². The average molecular weight is 290 g/mol. The van der Waals surface area contributed by atoms with Gasteiger partial charge in [-0.25, -0.2) is 9.67 Å². The molecule has 2 rings (SSSR count). The summed E-state index contributed by atoms with van der Waals surface area (Å²) in [6.45, 7) is 5.28. The van der Waals surface area contributed by atoms with Gasteiger partial charge in [0.25, 0.3) is 0 Å². The quantitative estimate of drug-likeness (QED) is 0.651. The van der Waals surface area contributed by atoms with Gasteiger partial charge in [0.2, 0.25) is 0 Å². The molecule has 1 aromatic heterocycles. The number of hydrogen-bond acceptors (Lipinski definition) is 4. The third-order valence-corrected chi connectivity index (χ3v) is 3.12. The molecule has 2 N–H and O–H groups in total. The van der Waals surface area contributed by atoms with E-state index in [1.807, 2.05) is 42.8 Å². The molecule has 0 spiro atoms. The van der Waals surface area contributed by atoms with Crippen LogP contribution in [-0.2, 0) is 6.54 Å². The van der Waals surface area contributed by atoms with Crippen molar-refractivity contribution in [1.29, 1.82) is 0 Å². The molecule has 0 radical (unpaired) electrons. The number of ether oxygens (including phenoxy) is 1. The summed E-state index contributed by atoms with van der Waals surface area (Å²) >= 11 is 4.90. The van der Waals surface area contributed by atoms with E-state index in [1.165, 1.54) is 0 Å². The topological polar surface area (TPSA) is 66.0 Å². The Morgan fingerprint density at radius 1 is 1.30 bits per heavy atom. The molecule has 6 heteroatoms. The molecule has 20 heavy (non-hydrogen) atoms. The lowest BCUT2D eigenvalue weighted by Gasteiger charge is -2.07. The fraction of sp³-hybridized carbons (Fsp3) is 0.357. The molecule has 0 unspecified atom stereocenters. The van der Waals surface area contributed by atoms with E-state index >= 15 is 0 Å². The molecular weight excluding hydrogens is 272 g/mol. The fourth-order valence-corrected chi connectivity index (χ4v) is 2.03. The van der Waals surface area contributed by atoms with Crippen LogP contribution in [0.2, 0.25) is 0 Å². The maximum Gasteiger partial charge on any atom is 0.147 e. The first kappa shape index (κ1) is 14.5. The first-order valence-corrected chi connectivity index (χ1v) is 6.88. The summed E-state index contributed by atoms with van der Waals surface area (Å²) in [6.07, 6.45) is 0.876. The third-order valence-electron chi connectivity index (χ3n) is 2.88. The van der Waals surface area contributed by atoms with Crippen molar-refractivity contribution in [1.82, 2.24) is 14.8 Å².